The van der Waals surface area contributed by atoms with Crippen molar-refractivity contribution in [3.8, 4) is 0 Å². The van der Waals surface area contributed by atoms with Crippen molar-refractivity contribution in [2.45, 2.75) is 46.0 Å². The average molecular weight is 295 g/mol. The molecule has 0 aliphatic carbocycles. The first-order chi connectivity index (χ1) is 8.83. The number of hydrogen-bond acceptors (Lipinski definition) is 4. The molecule has 0 bridgehead atoms. The van der Waals surface area contributed by atoms with Gasteiger partial charge in [-0.3, -0.25) is 0 Å². The summed E-state index contributed by atoms with van der Waals surface area (Å²) in [5.41, 5.74) is 0. The summed E-state index contributed by atoms with van der Waals surface area (Å²) in [6.07, 6.45) is -1.54. The molecule has 0 amide bonds. The first-order valence-corrected chi connectivity index (χ1v) is 7.14. The van der Waals surface area contributed by atoms with E-state index >= 15 is 0 Å². The highest BCUT2D eigenvalue weighted by atomic mass is 32.1. The molecule has 0 saturated heterocycles. The zero-order valence-corrected chi connectivity index (χ0v) is 12.2. The van der Waals surface area contributed by atoms with E-state index in [-0.39, 0.29) is 6.04 Å². The molecule has 0 fully saturated rings. The zero-order chi connectivity index (χ0) is 14.5. The molecule has 0 radical (unpaired) electrons. The Balaban J connectivity index is 2.69. The lowest BCUT2D eigenvalue weighted by Crippen LogP contribution is -2.39. The van der Waals surface area contributed by atoms with E-state index in [4.69, 9.17) is 0 Å². The Labute approximate surface area is 115 Å². The first-order valence-electron chi connectivity index (χ1n) is 6.32. The molecule has 1 N–H and O–H groups in total. The number of thiazole rings is 1. The second kappa shape index (κ2) is 7.09. The maximum atomic E-state index is 12.5. The highest BCUT2D eigenvalue weighted by molar-refractivity contribution is 7.15. The van der Waals surface area contributed by atoms with Crippen LogP contribution in [0.25, 0.3) is 0 Å². The van der Waals surface area contributed by atoms with Crippen molar-refractivity contribution < 1.29 is 13.2 Å². The molecule has 7 heteroatoms. The Morgan fingerprint density at radius 2 is 2.11 bits per heavy atom. The van der Waals surface area contributed by atoms with Crippen LogP contribution in [0.4, 0.5) is 18.3 Å². The molecule has 0 aromatic carbocycles. The van der Waals surface area contributed by atoms with Crippen LogP contribution in [0.1, 0.15) is 32.1 Å². The van der Waals surface area contributed by atoms with E-state index < -0.39 is 12.7 Å². The van der Waals surface area contributed by atoms with Crippen molar-refractivity contribution >= 4 is 16.5 Å². The van der Waals surface area contributed by atoms with Gasteiger partial charge in [0, 0.05) is 23.7 Å². The van der Waals surface area contributed by atoms with Crippen LogP contribution in [0.3, 0.4) is 0 Å². The van der Waals surface area contributed by atoms with Crippen molar-refractivity contribution in [3.63, 3.8) is 0 Å². The van der Waals surface area contributed by atoms with Gasteiger partial charge in [0.1, 0.15) is 6.54 Å². The van der Waals surface area contributed by atoms with Crippen molar-refractivity contribution in [1.82, 2.24) is 10.3 Å². The summed E-state index contributed by atoms with van der Waals surface area (Å²) in [6.45, 7) is 6.13. The van der Waals surface area contributed by atoms with Gasteiger partial charge in [-0.05, 0) is 26.8 Å². The molecule has 0 unspecified atom stereocenters. The third-order valence-electron chi connectivity index (χ3n) is 2.49. The topological polar surface area (TPSA) is 28.2 Å². The largest absolute Gasteiger partial charge is 0.406 e. The molecule has 0 spiro atoms. The predicted molar refractivity (Wildman–Crippen MR) is 72.6 cm³/mol. The monoisotopic (exact) mass is 295 g/mol. The van der Waals surface area contributed by atoms with Gasteiger partial charge < -0.3 is 10.2 Å². The van der Waals surface area contributed by atoms with Gasteiger partial charge in [0.15, 0.2) is 5.13 Å². The molecule has 3 nitrogen and oxygen atoms in total. The Bertz CT molecular complexity index is 377. The normalized spacial score (nSPS) is 12.2. The van der Waals surface area contributed by atoms with E-state index in [0.29, 0.717) is 11.7 Å². The fourth-order valence-electron chi connectivity index (χ4n) is 1.56. The molecular formula is C12H20F3N3S. The highest BCUT2D eigenvalue weighted by Crippen LogP contribution is 2.28. The lowest BCUT2D eigenvalue weighted by molar-refractivity contribution is -0.120. The van der Waals surface area contributed by atoms with Gasteiger partial charge in [-0.25, -0.2) is 4.98 Å². The maximum absolute atomic E-state index is 12.5. The van der Waals surface area contributed by atoms with E-state index in [1.165, 1.54) is 16.2 Å². The number of nitrogens with one attached hydrogen (secondary N) is 1. The number of rotatable bonds is 7. The second-order valence-corrected chi connectivity index (χ2v) is 5.72. The fourth-order valence-corrected chi connectivity index (χ4v) is 2.58. The Morgan fingerprint density at radius 1 is 1.42 bits per heavy atom. The molecule has 1 rings (SSSR count). The summed E-state index contributed by atoms with van der Waals surface area (Å²) in [6, 6.07) is -0.232. The number of hydrogen-bond donors (Lipinski definition) is 1. The van der Waals surface area contributed by atoms with Crippen LogP contribution in [-0.2, 0) is 6.54 Å². The van der Waals surface area contributed by atoms with Crippen LogP contribution < -0.4 is 10.2 Å². The SMILES string of the molecule is CCCNCc1cnc(N(CC(F)(F)F)C(C)C)s1. The average Bonchev–Trinajstić information content (AvgIpc) is 2.73. The second-order valence-electron chi connectivity index (χ2n) is 4.62. The molecule has 1 heterocycles. The Hall–Kier alpha value is -0.820. The predicted octanol–water partition coefficient (Wildman–Crippen LogP) is 3.42. The number of anilines is 1. The third kappa shape index (κ3) is 5.78. The Morgan fingerprint density at radius 3 is 2.63 bits per heavy atom. The van der Waals surface area contributed by atoms with Gasteiger partial charge in [-0.15, -0.1) is 11.3 Å². The van der Waals surface area contributed by atoms with E-state index in [0.717, 1.165) is 17.8 Å². The van der Waals surface area contributed by atoms with Crippen LogP contribution in [0.15, 0.2) is 6.20 Å². The molecule has 0 aliphatic rings. The molecule has 0 saturated carbocycles. The van der Waals surface area contributed by atoms with Crippen LogP contribution >= 0.6 is 11.3 Å². The minimum atomic E-state index is -4.21. The summed E-state index contributed by atoms with van der Waals surface area (Å²) >= 11 is 1.31. The van der Waals surface area contributed by atoms with E-state index in [1.54, 1.807) is 20.0 Å². The van der Waals surface area contributed by atoms with Crippen LogP contribution in [-0.4, -0.2) is 30.3 Å². The van der Waals surface area contributed by atoms with Crippen molar-refractivity contribution in [1.29, 1.82) is 0 Å². The number of aromatic nitrogens is 1. The zero-order valence-electron chi connectivity index (χ0n) is 11.4. The lowest BCUT2D eigenvalue weighted by Gasteiger charge is -2.26. The summed E-state index contributed by atoms with van der Waals surface area (Å²) < 4.78 is 37.6. The quantitative estimate of drug-likeness (QED) is 0.781. The van der Waals surface area contributed by atoms with E-state index in [1.807, 2.05) is 0 Å². The fraction of sp³-hybridized carbons (Fsp3) is 0.750. The molecule has 19 heavy (non-hydrogen) atoms. The Kier molecular flexibility index (Phi) is 6.06. The molecule has 1 aromatic rings. The minimum Gasteiger partial charge on any atom is -0.337 e. The number of halogens is 3. The van der Waals surface area contributed by atoms with Gasteiger partial charge in [0.05, 0.1) is 0 Å². The first kappa shape index (κ1) is 16.2. The van der Waals surface area contributed by atoms with Gasteiger partial charge in [0.25, 0.3) is 0 Å². The molecule has 110 valence electrons. The molecule has 0 aliphatic heterocycles. The van der Waals surface area contributed by atoms with Gasteiger partial charge in [0.2, 0.25) is 0 Å². The van der Waals surface area contributed by atoms with Gasteiger partial charge in [-0.1, -0.05) is 6.92 Å². The van der Waals surface area contributed by atoms with Gasteiger partial charge >= 0.3 is 6.18 Å². The maximum Gasteiger partial charge on any atom is 0.406 e. The molecule has 1 aromatic heterocycles. The summed E-state index contributed by atoms with van der Waals surface area (Å²) in [7, 11) is 0. The van der Waals surface area contributed by atoms with Crippen LogP contribution in [0.5, 0.6) is 0 Å². The third-order valence-corrected chi connectivity index (χ3v) is 3.52. The standard InChI is InChI=1S/C12H20F3N3S/c1-4-5-16-6-10-7-17-11(19-10)18(9(2)3)8-12(13,14)15/h7,9,16H,4-6,8H2,1-3H3. The summed E-state index contributed by atoms with van der Waals surface area (Å²) in [5, 5.41) is 3.64. The number of nitrogens with zero attached hydrogens (tertiary/aromatic N) is 2. The lowest BCUT2D eigenvalue weighted by atomic mass is 10.3. The molecule has 0 atom stereocenters. The van der Waals surface area contributed by atoms with E-state index in [2.05, 4.69) is 17.2 Å². The van der Waals surface area contributed by atoms with Crippen molar-refractivity contribution in [2.24, 2.45) is 0 Å². The van der Waals surface area contributed by atoms with Crippen LogP contribution in [0.2, 0.25) is 0 Å². The minimum absolute atomic E-state index is 0.232. The highest BCUT2D eigenvalue weighted by Gasteiger charge is 2.33. The van der Waals surface area contributed by atoms with Crippen molar-refractivity contribution in [2.75, 3.05) is 18.0 Å². The molecular weight excluding hydrogens is 275 g/mol. The van der Waals surface area contributed by atoms with Crippen LogP contribution in [0, 0.1) is 0 Å². The van der Waals surface area contributed by atoms with Crippen molar-refractivity contribution in [3.05, 3.63) is 11.1 Å². The smallest absolute Gasteiger partial charge is 0.337 e. The summed E-state index contributed by atoms with van der Waals surface area (Å²) in [4.78, 5) is 6.35. The summed E-state index contributed by atoms with van der Waals surface area (Å²) in [5.74, 6) is 0. The number of alkyl halides is 3. The van der Waals surface area contributed by atoms with E-state index in [9.17, 15) is 13.2 Å². The van der Waals surface area contributed by atoms with Gasteiger partial charge in [-0.2, -0.15) is 13.2 Å².